The van der Waals surface area contributed by atoms with E-state index in [0.29, 0.717) is 23.9 Å². The average molecular weight is 512 g/mol. The quantitative estimate of drug-likeness (QED) is 0.181. The van der Waals surface area contributed by atoms with Crippen molar-refractivity contribution in [2.45, 2.75) is 0 Å². The first-order chi connectivity index (χ1) is 18.2. The zero-order valence-electron chi connectivity index (χ0n) is 20.0. The van der Waals surface area contributed by atoms with E-state index in [2.05, 4.69) is 0 Å². The number of ether oxygens (including phenoxy) is 3. The summed E-state index contributed by atoms with van der Waals surface area (Å²) < 4.78 is 17.5. The van der Waals surface area contributed by atoms with Crippen LogP contribution in [0, 0.1) is 0 Å². The molecule has 0 spiro atoms. The summed E-state index contributed by atoms with van der Waals surface area (Å²) >= 11 is 0.922. The van der Waals surface area contributed by atoms with Crippen LogP contribution in [0.4, 0.5) is 4.79 Å². The number of carbonyl (C=O) groups excluding carboxylic acids is 2. The molecule has 1 aliphatic heterocycles. The van der Waals surface area contributed by atoms with Gasteiger partial charge in [0.25, 0.3) is 11.1 Å². The van der Waals surface area contributed by atoms with E-state index in [1.165, 1.54) is 4.90 Å². The molecule has 0 saturated carbocycles. The number of carbonyl (C=O) groups is 2. The van der Waals surface area contributed by atoms with E-state index >= 15 is 0 Å². The number of thioether (sulfide) groups is 1. The minimum Gasteiger partial charge on any atom is -0.491 e. The van der Waals surface area contributed by atoms with Gasteiger partial charge in [0.1, 0.15) is 37.1 Å². The fourth-order valence-electron chi connectivity index (χ4n) is 3.96. The van der Waals surface area contributed by atoms with Gasteiger partial charge >= 0.3 is 0 Å². The third kappa shape index (κ3) is 5.95. The lowest BCUT2D eigenvalue weighted by atomic mass is 10.1. The van der Waals surface area contributed by atoms with Crippen LogP contribution in [0.5, 0.6) is 17.2 Å². The number of fused-ring (bicyclic) bond motifs is 1. The summed E-state index contributed by atoms with van der Waals surface area (Å²) in [5.41, 5.74) is 0.722. The molecule has 0 aromatic heterocycles. The molecule has 1 saturated heterocycles. The molecule has 186 valence electrons. The molecule has 1 fully saturated rings. The maximum absolute atomic E-state index is 13.0. The molecule has 5 rings (SSSR count). The number of imide groups is 1. The van der Waals surface area contributed by atoms with Gasteiger partial charge in [-0.15, -0.1) is 0 Å². The lowest BCUT2D eigenvalue weighted by Gasteiger charge is -2.14. The standard InChI is InChI=1S/C30H25NO5S/c32-29-28(21-23-10-5-7-15-26(23)36-20-19-34-24-12-2-1-3-13-24)37-30(33)31(29)17-18-35-27-16-8-11-22-9-4-6-14-25(22)27/h1-16,21H,17-20H2/b28-21-. The molecule has 0 N–H and O–H groups in total. The summed E-state index contributed by atoms with van der Waals surface area (Å²) in [6, 6.07) is 30.7. The van der Waals surface area contributed by atoms with Crippen LogP contribution in [0.1, 0.15) is 5.56 Å². The third-order valence-electron chi connectivity index (χ3n) is 5.75. The number of rotatable bonds is 10. The Balaban J connectivity index is 1.19. The van der Waals surface area contributed by atoms with Crippen molar-refractivity contribution in [2.75, 3.05) is 26.4 Å². The Morgan fingerprint density at radius 1 is 0.676 bits per heavy atom. The van der Waals surface area contributed by atoms with Crippen molar-refractivity contribution in [3.8, 4) is 17.2 Å². The molecule has 4 aromatic carbocycles. The fourth-order valence-corrected chi connectivity index (χ4v) is 4.82. The summed E-state index contributed by atoms with van der Waals surface area (Å²) in [6.45, 7) is 1.10. The van der Waals surface area contributed by atoms with E-state index in [9.17, 15) is 9.59 Å². The Morgan fingerprint density at radius 2 is 1.35 bits per heavy atom. The maximum atomic E-state index is 13.0. The van der Waals surface area contributed by atoms with Crippen molar-refractivity contribution >= 4 is 39.8 Å². The number of amides is 2. The first-order valence-corrected chi connectivity index (χ1v) is 12.8. The molecule has 1 aliphatic rings. The van der Waals surface area contributed by atoms with E-state index in [-0.39, 0.29) is 24.3 Å². The summed E-state index contributed by atoms with van der Waals surface area (Å²) in [5, 5.41) is 1.75. The van der Waals surface area contributed by atoms with Crippen LogP contribution in [-0.4, -0.2) is 42.4 Å². The normalized spacial score (nSPS) is 14.4. The molecule has 7 heteroatoms. The van der Waals surface area contributed by atoms with Crippen molar-refractivity contribution in [2.24, 2.45) is 0 Å². The van der Waals surface area contributed by atoms with Crippen molar-refractivity contribution in [1.82, 2.24) is 4.90 Å². The van der Waals surface area contributed by atoms with Crippen LogP contribution >= 0.6 is 11.8 Å². The van der Waals surface area contributed by atoms with Crippen molar-refractivity contribution in [3.63, 3.8) is 0 Å². The summed E-state index contributed by atoms with van der Waals surface area (Å²) in [6.07, 6.45) is 1.70. The van der Waals surface area contributed by atoms with Gasteiger partial charge in [0.15, 0.2) is 0 Å². The predicted molar refractivity (Wildman–Crippen MR) is 146 cm³/mol. The van der Waals surface area contributed by atoms with Gasteiger partial charge in [-0.1, -0.05) is 72.8 Å². The number of benzene rings is 4. The maximum Gasteiger partial charge on any atom is 0.293 e. The highest BCUT2D eigenvalue weighted by Crippen LogP contribution is 2.34. The second-order valence-corrected chi connectivity index (χ2v) is 9.20. The summed E-state index contributed by atoms with van der Waals surface area (Å²) in [5.74, 6) is 1.78. The Kier molecular flexibility index (Phi) is 7.72. The SMILES string of the molecule is O=C1S/C(=C\c2ccccc2OCCOc2ccccc2)C(=O)N1CCOc1cccc2ccccc12. The second-order valence-electron chi connectivity index (χ2n) is 8.21. The van der Waals surface area contributed by atoms with Gasteiger partial charge in [-0.25, -0.2) is 0 Å². The number of hydrogen-bond donors (Lipinski definition) is 0. The molecule has 0 atom stereocenters. The van der Waals surface area contributed by atoms with Gasteiger partial charge in [0, 0.05) is 10.9 Å². The summed E-state index contributed by atoms with van der Waals surface area (Å²) in [7, 11) is 0. The van der Waals surface area contributed by atoms with E-state index in [1.54, 1.807) is 6.08 Å². The highest BCUT2D eigenvalue weighted by molar-refractivity contribution is 8.18. The average Bonchev–Trinajstić information content (AvgIpc) is 3.20. The van der Waals surface area contributed by atoms with Gasteiger partial charge in [-0.05, 0) is 47.5 Å². The Bertz CT molecular complexity index is 1430. The van der Waals surface area contributed by atoms with Gasteiger partial charge < -0.3 is 14.2 Å². The zero-order chi connectivity index (χ0) is 25.5. The van der Waals surface area contributed by atoms with Crippen LogP contribution in [0.3, 0.4) is 0 Å². The van der Waals surface area contributed by atoms with Gasteiger partial charge in [0.05, 0.1) is 11.4 Å². The van der Waals surface area contributed by atoms with Gasteiger partial charge in [-0.2, -0.15) is 0 Å². The first kappa shape index (κ1) is 24.5. The molecule has 4 aromatic rings. The molecule has 0 unspecified atom stereocenters. The molecule has 1 heterocycles. The predicted octanol–water partition coefficient (Wildman–Crippen LogP) is 6.41. The van der Waals surface area contributed by atoms with Crippen molar-refractivity contribution in [3.05, 3.63) is 108 Å². The molecule has 2 amide bonds. The molecular formula is C30H25NO5S. The lowest BCUT2D eigenvalue weighted by Crippen LogP contribution is -2.32. The number of nitrogens with zero attached hydrogens (tertiary/aromatic N) is 1. The van der Waals surface area contributed by atoms with Crippen LogP contribution in [0.2, 0.25) is 0 Å². The molecule has 6 nitrogen and oxygen atoms in total. The second kappa shape index (κ2) is 11.7. The Morgan fingerprint density at radius 3 is 2.24 bits per heavy atom. The Labute approximate surface area is 219 Å². The van der Waals surface area contributed by atoms with E-state index in [4.69, 9.17) is 14.2 Å². The molecule has 0 radical (unpaired) electrons. The van der Waals surface area contributed by atoms with Crippen LogP contribution in [0.15, 0.2) is 102 Å². The molecular weight excluding hydrogens is 486 g/mol. The highest BCUT2D eigenvalue weighted by atomic mass is 32.2. The highest BCUT2D eigenvalue weighted by Gasteiger charge is 2.35. The zero-order valence-corrected chi connectivity index (χ0v) is 20.9. The Hall–Kier alpha value is -4.23. The summed E-state index contributed by atoms with van der Waals surface area (Å²) in [4.78, 5) is 27.2. The van der Waals surface area contributed by atoms with Crippen LogP contribution < -0.4 is 14.2 Å². The number of hydrogen-bond acceptors (Lipinski definition) is 6. The van der Waals surface area contributed by atoms with Gasteiger partial charge in [0.2, 0.25) is 0 Å². The lowest BCUT2D eigenvalue weighted by molar-refractivity contribution is -0.123. The smallest absolute Gasteiger partial charge is 0.293 e. The molecule has 0 bridgehead atoms. The molecule has 37 heavy (non-hydrogen) atoms. The largest absolute Gasteiger partial charge is 0.491 e. The topological polar surface area (TPSA) is 65.1 Å². The monoisotopic (exact) mass is 511 g/mol. The molecule has 0 aliphatic carbocycles. The van der Waals surface area contributed by atoms with E-state index in [1.807, 2.05) is 97.1 Å². The van der Waals surface area contributed by atoms with Crippen LogP contribution in [0.25, 0.3) is 16.8 Å². The minimum absolute atomic E-state index is 0.167. The van der Waals surface area contributed by atoms with E-state index < -0.39 is 0 Å². The van der Waals surface area contributed by atoms with Crippen molar-refractivity contribution in [1.29, 1.82) is 0 Å². The fraction of sp³-hybridized carbons (Fsp3) is 0.133. The number of para-hydroxylation sites is 2. The minimum atomic E-state index is -0.335. The van der Waals surface area contributed by atoms with E-state index in [0.717, 1.165) is 39.6 Å². The van der Waals surface area contributed by atoms with Crippen LogP contribution in [-0.2, 0) is 4.79 Å². The van der Waals surface area contributed by atoms with Crippen molar-refractivity contribution < 1.29 is 23.8 Å². The van der Waals surface area contributed by atoms with Gasteiger partial charge in [-0.3, -0.25) is 14.5 Å². The third-order valence-corrected chi connectivity index (χ3v) is 6.66. The first-order valence-electron chi connectivity index (χ1n) is 11.9.